The first-order valence-electron chi connectivity index (χ1n) is 7.35. The Hall–Kier alpha value is -1.25. The molecule has 0 saturated carbocycles. The van der Waals surface area contributed by atoms with Crippen molar-refractivity contribution in [2.24, 2.45) is 5.92 Å². The Morgan fingerprint density at radius 1 is 1.29 bits per heavy atom. The van der Waals surface area contributed by atoms with E-state index in [2.05, 4.69) is 26.9 Å². The van der Waals surface area contributed by atoms with Crippen LogP contribution in [0.25, 0.3) is 0 Å². The summed E-state index contributed by atoms with van der Waals surface area (Å²) in [5.41, 5.74) is 0.393. The molecule has 1 aliphatic rings. The SMILES string of the molecule is CCCNCC1CCN(S(=O)(=O)Nc2cncnc2)CC1. The van der Waals surface area contributed by atoms with Crippen molar-refractivity contribution in [2.45, 2.75) is 26.2 Å². The normalized spacial score (nSPS) is 17.8. The van der Waals surface area contributed by atoms with Crippen LogP contribution in [0, 0.1) is 5.92 Å². The Morgan fingerprint density at radius 2 is 1.95 bits per heavy atom. The lowest BCUT2D eigenvalue weighted by molar-refractivity contribution is 0.269. The molecule has 2 N–H and O–H groups in total. The average molecular weight is 313 g/mol. The number of rotatable bonds is 7. The predicted octanol–water partition coefficient (Wildman–Crippen LogP) is 0.845. The van der Waals surface area contributed by atoms with Crippen molar-refractivity contribution in [3.63, 3.8) is 0 Å². The fourth-order valence-corrected chi connectivity index (χ4v) is 3.63. The minimum Gasteiger partial charge on any atom is -0.316 e. The quantitative estimate of drug-likeness (QED) is 0.729. The Labute approximate surface area is 126 Å². The second-order valence-corrected chi connectivity index (χ2v) is 6.95. The maximum atomic E-state index is 12.3. The van der Waals surface area contributed by atoms with Crippen molar-refractivity contribution in [1.82, 2.24) is 19.6 Å². The smallest absolute Gasteiger partial charge is 0.301 e. The summed E-state index contributed by atoms with van der Waals surface area (Å²) in [6.45, 7) is 5.25. The summed E-state index contributed by atoms with van der Waals surface area (Å²) in [5, 5.41) is 3.40. The third kappa shape index (κ3) is 4.90. The third-order valence-electron chi connectivity index (χ3n) is 3.58. The van der Waals surface area contributed by atoms with Crippen LogP contribution < -0.4 is 10.0 Å². The van der Waals surface area contributed by atoms with Crippen molar-refractivity contribution >= 4 is 15.9 Å². The lowest BCUT2D eigenvalue weighted by Crippen LogP contribution is -2.43. The van der Waals surface area contributed by atoms with Gasteiger partial charge in [0.1, 0.15) is 6.33 Å². The van der Waals surface area contributed by atoms with Crippen LogP contribution in [0.1, 0.15) is 26.2 Å². The van der Waals surface area contributed by atoms with Crippen molar-refractivity contribution in [3.05, 3.63) is 18.7 Å². The van der Waals surface area contributed by atoms with E-state index >= 15 is 0 Å². The molecule has 7 nitrogen and oxygen atoms in total. The number of hydrogen-bond acceptors (Lipinski definition) is 5. The molecule has 0 aromatic carbocycles. The molecule has 2 heterocycles. The fraction of sp³-hybridized carbons (Fsp3) is 0.692. The zero-order chi connectivity index (χ0) is 15.1. The van der Waals surface area contributed by atoms with E-state index in [1.807, 2.05) is 0 Å². The van der Waals surface area contributed by atoms with Gasteiger partial charge in [-0.2, -0.15) is 12.7 Å². The Kier molecular flexibility index (Phi) is 5.89. The van der Waals surface area contributed by atoms with Gasteiger partial charge in [-0.1, -0.05) is 6.92 Å². The number of anilines is 1. The first-order valence-corrected chi connectivity index (χ1v) is 8.79. The maximum Gasteiger partial charge on any atom is 0.301 e. The topological polar surface area (TPSA) is 87.2 Å². The van der Waals surface area contributed by atoms with Crippen molar-refractivity contribution < 1.29 is 8.42 Å². The molecule has 0 unspecified atom stereocenters. The second-order valence-electron chi connectivity index (χ2n) is 5.28. The molecule has 0 atom stereocenters. The van der Waals surface area contributed by atoms with E-state index in [4.69, 9.17) is 0 Å². The monoisotopic (exact) mass is 313 g/mol. The van der Waals surface area contributed by atoms with Gasteiger partial charge >= 0.3 is 10.2 Å². The zero-order valence-electron chi connectivity index (χ0n) is 12.3. The third-order valence-corrected chi connectivity index (χ3v) is 5.12. The first kappa shape index (κ1) is 16.1. The van der Waals surface area contributed by atoms with Crippen molar-refractivity contribution in [1.29, 1.82) is 0 Å². The molecule has 1 fully saturated rings. The minimum absolute atomic E-state index is 0.393. The second kappa shape index (κ2) is 7.67. The largest absolute Gasteiger partial charge is 0.316 e. The summed E-state index contributed by atoms with van der Waals surface area (Å²) in [5.74, 6) is 0.558. The summed E-state index contributed by atoms with van der Waals surface area (Å²) in [7, 11) is -3.50. The van der Waals surface area contributed by atoms with E-state index in [0.29, 0.717) is 24.7 Å². The highest BCUT2D eigenvalue weighted by atomic mass is 32.2. The lowest BCUT2D eigenvalue weighted by atomic mass is 9.98. The van der Waals surface area contributed by atoms with Crippen LogP contribution in [-0.2, 0) is 10.2 Å². The number of hydrogen-bond donors (Lipinski definition) is 2. The molecule has 0 aliphatic carbocycles. The number of piperidine rings is 1. The summed E-state index contributed by atoms with van der Waals surface area (Å²) in [4.78, 5) is 7.61. The molecular weight excluding hydrogens is 290 g/mol. The molecule has 0 radical (unpaired) electrons. The van der Waals surface area contributed by atoms with Crippen LogP contribution in [0.2, 0.25) is 0 Å². The van der Waals surface area contributed by atoms with E-state index in [9.17, 15) is 8.42 Å². The lowest BCUT2D eigenvalue weighted by Gasteiger charge is -2.31. The minimum atomic E-state index is -3.50. The summed E-state index contributed by atoms with van der Waals surface area (Å²) in [6.07, 6.45) is 7.17. The summed E-state index contributed by atoms with van der Waals surface area (Å²) >= 11 is 0. The van der Waals surface area contributed by atoms with Gasteiger partial charge in [0.05, 0.1) is 18.1 Å². The molecular formula is C13H23N5O2S. The highest BCUT2D eigenvalue weighted by Gasteiger charge is 2.27. The molecule has 0 bridgehead atoms. The van der Waals surface area contributed by atoms with Gasteiger partial charge in [-0.15, -0.1) is 0 Å². The van der Waals surface area contributed by atoms with Crippen LogP contribution in [0.3, 0.4) is 0 Å². The van der Waals surface area contributed by atoms with Gasteiger partial charge in [-0.25, -0.2) is 9.97 Å². The van der Waals surface area contributed by atoms with Crippen LogP contribution in [0.5, 0.6) is 0 Å². The van der Waals surface area contributed by atoms with Crippen LogP contribution in [0.4, 0.5) is 5.69 Å². The summed E-state index contributed by atoms with van der Waals surface area (Å²) in [6, 6.07) is 0. The van der Waals surface area contributed by atoms with Gasteiger partial charge in [-0.05, 0) is 38.3 Å². The molecule has 1 saturated heterocycles. The molecule has 21 heavy (non-hydrogen) atoms. The number of aromatic nitrogens is 2. The maximum absolute atomic E-state index is 12.3. The van der Waals surface area contributed by atoms with Crippen molar-refractivity contribution in [2.75, 3.05) is 30.9 Å². The highest BCUT2D eigenvalue weighted by molar-refractivity contribution is 7.90. The molecule has 2 rings (SSSR count). The standard InChI is InChI=1S/C13H23N5O2S/c1-2-5-14-8-12-3-6-18(7-4-12)21(19,20)17-13-9-15-11-16-10-13/h9-12,14,17H,2-8H2,1H3. The van der Waals surface area contributed by atoms with Crippen LogP contribution in [0.15, 0.2) is 18.7 Å². The van der Waals surface area contributed by atoms with Crippen LogP contribution >= 0.6 is 0 Å². The van der Waals surface area contributed by atoms with Crippen molar-refractivity contribution in [3.8, 4) is 0 Å². The fourth-order valence-electron chi connectivity index (χ4n) is 2.40. The van der Waals surface area contributed by atoms with Gasteiger partial charge in [0, 0.05) is 13.1 Å². The number of nitrogens with one attached hydrogen (secondary N) is 2. The molecule has 8 heteroatoms. The van der Waals surface area contributed by atoms with E-state index in [-0.39, 0.29) is 0 Å². The molecule has 1 aromatic heterocycles. The predicted molar refractivity (Wildman–Crippen MR) is 82.0 cm³/mol. The molecule has 0 spiro atoms. The van der Waals surface area contributed by atoms with E-state index < -0.39 is 10.2 Å². The Balaban J connectivity index is 1.83. The van der Waals surface area contributed by atoms with Gasteiger partial charge in [-0.3, -0.25) is 4.72 Å². The average Bonchev–Trinajstić information content (AvgIpc) is 2.49. The molecule has 118 valence electrons. The van der Waals surface area contributed by atoms with E-state index in [1.54, 1.807) is 0 Å². The Morgan fingerprint density at radius 3 is 2.57 bits per heavy atom. The Bertz CT molecular complexity index is 515. The molecule has 1 aromatic rings. The molecule has 0 amide bonds. The van der Waals surface area contributed by atoms with Gasteiger partial charge in [0.2, 0.25) is 0 Å². The van der Waals surface area contributed by atoms with Crippen LogP contribution in [-0.4, -0.2) is 48.9 Å². The molecule has 1 aliphatic heterocycles. The van der Waals surface area contributed by atoms with Gasteiger partial charge in [0.25, 0.3) is 0 Å². The first-order chi connectivity index (χ1) is 10.1. The number of nitrogens with zero attached hydrogens (tertiary/aromatic N) is 3. The zero-order valence-corrected chi connectivity index (χ0v) is 13.1. The van der Waals surface area contributed by atoms with Gasteiger partial charge in [0.15, 0.2) is 0 Å². The summed E-state index contributed by atoms with van der Waals surface area (Å²) < 4.78 is 28.5. The highest BCUT2D eigenvalue weighted by Crippen LogP contribution is 2.20. The van der Waals surface area contributed by atoms with Gasteiger partial charge < -0.3 is 5.32 Å². The van der Waals surface area contributed by atoms with E-state index in [1.165, 1.54) is 23.0 Å². The van der Waals surface area contributed by atoms with E-state index in [0.717, 1.165) is 32.4 Å².